The van der Waals surface area contributed by atoms with Crippen molar-refractivity contribution >= 4 is 11.3 Å². The normalized spacial score (nSPS) is 21.6. The van der Waals surface area contributed by atoms with Crippen molar-refractivity contribution in [2.24, 2.45) is 5.92 Å². The third-order valence-electron chi connectivity index (χ3n) is 4.10. The fraction of sp³-hybridized carbons (Fsp3) is 0.765. The van der Waals surface area contributed by atoms with Gasteiger partial charge in [0.25, 0.3) is 0 Å². The van der Waals surface area contributed by atoms with Crippen LogP contribution in [-0.2, 0) is 5.41 Å². The Labute approximate surface area is 128 Å². The molecule has 1 saturated heterocycles. The molecular formula is C17H30N2S. The zero-order valence-electron chi connectivity index (χ0n) is 13.7. The second kappa shape index (κ2) is 6.17. The zero-order chi connectivity index (χ0) is 14.8. The number of likely N-dealkylation sites (tertiary alicyclic amines) is 1. The first kappa shape index (κ1) is 16.0. The van der Waals surface area contributed by atoms with Gasteiger partial charge in [-0.25, -0.2) is 0 Å². The largest absolute Gasteiger partial charge is 0.312 e. The Bertz CT molecular complexity index is 403. The molecule has 0 spiro atoms. The van der Waals surface area contributed by atoms with Crippen LogP contribution in [0.5, 0.6) is 0 Å². The van der Waals surface area contributed by atoms with Crippen molar-refractivity contribution in [3.63, 3.8) is 0 Å². The van der Waals surface area contributed by atoms with Gasteiger partial charge in [0, 0.05) is 28.9 Å². The molecule has 0 aromatic carbocycles. The minimum absolute atomic E-state index is 0.240. The van der Waals surface area contributed by atoms with Crippen LogP contribution in [0.25, 0.3) is 0 Å². The van der Waals surface area contributed by atoms with Crippen molar-refractivity contribution in [1.29, 1.82) is 0 Å². The lowest BCUT2D eigenvalue weighted by Crippen LogP contribution is -2.40. The standard InChI is InChI=1S/C17H30N2S/c1-16(2,3)18-11-14-8-9-19(12-14)13-17(4,5)15-7-6-10-20-15/h6-7,10,14,18H,8-9,11-13H2,1-5H3. The summed E-state index contributed by atoms with van der Waals surface area (Å²) in [5.41, 5.74) is 0.518. The fourth-order valence-corrected chi connectivity index (χ4v) is 3.82. The molecule has 0 aliphatic carbocycles. The predicted molar refractivity (Wildman–Crippen MR) is 89.6 cm³/mol. The molecular weight excluding hydrogens is 264 g/mol. The van der Waals surface area contributed by atoms with Crippen molar-refractivity contribution in [3.05, 3.63) is 22.4 Å². The molecule has 1 aromatic heterocycles. The van der Waals surface area contributed by atoms with Crippen LogP contribution >= 0.6 is 11.3 Å². The maximum absolute atomic E-state index is 3.65. The van der Waals surface area contributed by atoms with Crippen molar-refractivity contribution in [3.8, 4) is 0 Å². The Kier molecular flexibility index (Phi) is 4.93. The molecule has 3 heteroatoms. The number of hydrogen-bond acceptors (Lipinski definition) is 3. The van der Waals surface area contributed by atoms with E-state index in [4.69, 9.17) is 0 Å². The van der Waals surface area contributed by atoms with Crippen LogP contribution in [0, 0.1) is 5.92 Å². The van der Waals surface area contributed by atoms with E-state index in [0.29, 0.717) is 0 Å². The van der Waals surface area contributed by atoms with Crippen LogP contribution in [0.3, 0.4) is 0 Å². The molecule has 20 heavy (non-hydrogen) atoms. The highest BCUT2D eigenvalue weighted by atomic mass is 32.1. The van der Waals surface area contributed by atoms with E-state index < -0.39 is 0 Å². The Hall–Kier alpha value is -0.380. The van der Waals surface area contributed by atoms with Crippen LogP contribution in [0.15, 0.2) is 17.5 Å². The Balaban J connectivity index is 1.81. The van der Waals surface area contributed by atoms with Crippen LogP contribution < -0.4 is 5.32 Å². The van der Waals surface area contributed by atoms with Crippen molar-refractivity contribution in [2.45, 2.75) is 52.0 Å². The lowest BCUT2D eigenvalue weighted by Gasteiger charge is -2.30. The van der Waals surface area contributed by atoms with E-state index in [0.717, 1.165) is 12.5 Å². The number of nitrogens with zero attached hydrogens (tertiary/aromatic N) is 1. The van der Waals surface area contributed by atoms with E-state index >= 15 is 0 Å². The predicted octanol–water partition coefficient (Wildman–Crippen LogP) is 3.74. The average Bonchev–Trinajstić information content (AvgIpc) is 2.95. The second-order valence-electron chi connectivity index (χ2n) is 7.88. The minimum atomic E-state index is 0.240. The first-order valence-electron chi connectivity index (χ1n) is 7.78. The molecule has 2 rings (SSSR count). The summed E-state index contributed by atoms with van der Waals surface area (Å²) in [7, 11) is 0. The smallest absolute Gasteiger partial charge is 0.0118 e. The second-order valence-corrected chi connectivity index (χ2v) is 8.83. The fourth-order valence-electron chi connectivity index (χ4n) is 2.97. The third kappa shape index (κ3) is 4.57. The highest BCUT2D eigenvalue weighted by Gasteiger charge is 2.30. The van der Waals surface area contributed by atoms with E-state index in [2.05, 4.69) is 62.3 Å². The molecule has 1 fully saturated rings. The van der Waals surface area contributed by atoms with Gasteiger partial charge in [0.05, 0.1) is 0 Å². The summed E-state index contributed by atoms with van der Waals surface area (Å²) >= 11 is 1.89. The molecule has 1 atom stereocenters. The molecule has 1 unspecified atom stereocenters. The number of hydrogen-bond donors (Lipinski definition) is 1. The highest BCUT2D eigenvalue weighted by Crippen LogP contribution is 2.30. The van der Waals surface area contributed by atoms with Gasteiger partial charge in [-0.15, -0.1) is 11.3 Å². The van der Waals surface area contributed by atoms with Gasteiger partial charge in [-0.2, -0.15) is 0 Å². The Morgan fingerprint density at radius 1 is 1.30 bits per heavy atom. The van der Waals surface area contributed by atoms with Crippen molar-refractivity contribution in [1.82, 2.24) is 10.2 Å². The Morgan fingerprint density at radius 3 is 2.65 bits per heavy atom. The summed E-state index contributed by atoms with van der Waals surface area (Å²) in [6, 6.07) is 4.45. The molecule has 0 radical (unpaired) electrons. The minimum Gasteiger partial charge on any atom is -0.312 e. The molecule has 2 heterocycles. The van der Waals surface area contributed by atoms with Crippen LogP contribution in [0.4, 0.5) is 0 Å². The van der Waals surface area contributed by atoms with E-state index in [-0.39, 0.29) is 11.0 Å². The van der Waals surface area contributed by atoms with E-state index in [1.807, 2.05) is 11.3 Å². The molecule has 0 saturated carbocycles. The molecule has 1 aromatic rings. The van der Waals surface area contributed by atoms with Crippen LogP contribution in [0.1, 0.15) is 45.9 Å². The van der Waals surface area contributed by atoms with Gasteiger partial charge in [-0.3, -0.25) is 0 Å². The topological polar surface area (TPSA) is 15.3 Å². The molecule has 114 valence electrons. The summed E-state index contributed by atoms with van der Waals surface area (Å²) in [5, 5.41) is 5.84. The number of nitrogens with one attached hydrogen (secondary N) is 1. The van der Waals surface area contributed by atoms with Gasteiger partial charge < -0.3 is 10.2 Å². The first-order valence-corrected chi connectivity index (χ1v) is 8.66. The number of rotatable bonds is 5. The summed E-state index contributed by atoms with van der Waals surface area (Å²) < 4.78 is 0. The molecule has 2 nitrogen and oxygen atoms in total. The summed E-state index contributed by atoms with van der Waals surface area (Å²) in [6.07, 6.45) is 1.34. The SMILES string of the molecule is CC(C)(C)NCC1CCN(CC(C)(C)c2cccs2)C1. The maximum atomic E-state index is 3.65. The van der Waals surface area contributed by atoms with Gasteiger partial charge in [0.15, 0.2) is 0 Å². The summed E-state index contributed by atoms with van der Waals surface area (Å²) in [5.74, 6) is 0.813. The van der Waals surface area contributed by atoms with Gasteiger partial charge >= 0.3 is 0 Å². The van der Waals surface area contributed by atoms with Gasteiger partial charge in [0.2, 0.25) is 0 Å². The third-order valence-corrected chi connectivity index (χ3v) is 5.33. The zero-order valence-corrected chi connectivity index (χ0v) is 14.5. The quantitative estimate of drug-likeness (QED) is 0.890. The highest BCUT2D eigenvalue weighted by molar-refractivity contribution is 7.10. The first-order chi connectivity index (χ1) is 9.26. The monoisotopic (exact) mass is 294 g/mol. The molecule has 0 bridgehead atoms. The molecule has 0 amide bonds. The lowest BCUT2D eigenvalue weighted by molar-refractivity contribution is 0.258. The summed E-state index contributed by atoms with van der Waals surface area (Å²) in [4.78, 5) is 4.16. The average molecular weight is 295 g/mol. The van der Waals surface area contributed by atoms with E-state index in [1.165, 1.54) is 30.9 Å². The summed E-state index contributed by atoms with van der Waals surface area (Å²) in [6.45, 7) is 16.3. The molecule has 1 N–H and O–H groups in total. The van der Waals surface area contributed by atoms with Crippen molar-refractivity contribution in [2.75, 3.05) is 26.2 Å². The van der Waals surface area contributed by atoms with E-state index in [9.17, 15) is 0 Å². The maximum Gasteiger partial charge on any atom is 0.0118 e. The van der Waals surface area contributed by atoms with Gasteiger partial charge in [-0.1, -0.05) is 19.9 Å². The van der Waals surface area contributed by atoms with Gasteiger partial charge in [0.1, 0.15) is 0 Å². The Morgan fingerprint density at radius 2 is 2.05 bits per heavy atom. The molecule has 1 aliphatic rings. The lowest BCUT2D eigenvalue weighted by atomic mass is 9.91. The van der Waals surface area contributed by atoms with Crippen molar-refractivity contribution < 1.29 is 0 Å². The van der Waals surface area contributed by atoms with Gasteiger partial charge in [-0.05, 0) is 57.6 Å². The number of thiophene rings is 1. The van der Waals surface area contributed by atoms with Crippen LogP contribution in [0.2, 0.25) is 0 Å². The van der Waals surface area contributed by atoms with Crippen LogP contribution in [-0.4, -0.2) is 36.6 Å². The molecule has 1 aliphatic heterocycles. The van der Waals surface area contributed by atoms with E-state index in [1.54, 1.807) is 0 Å².